The van der Waals surface area contributed by atoms with Gasteiger partial charge in [0.15, 0.2) is 0 Å². The molecule has 0 saturated carbocycles. The van der Waals surface area contributed by atoms with E-state index in [1.165, 1.54) is 6.07 Å². The molecular weight excluding hydrogens is 465 g/mol. The Balaban J connectivity index is 2.21. The highest BCUT2D eigenvalue weighted by atomic mass is 19.1. The molecule has 0 radical (unpaired) electrons. The summed E-state index contributed by atoms with van der Waals surface area (Å²) in [7, 11) is 0. The summed E-state index contributed by atoms with van der Waals surface area (Å²) < 4.78 is 26.0. The Morgan fingerprint density at radius 2 is 1.83 bits per heavy atom. The van der Waals surface area contributed by atoms with E-state index in [2.05, 4.69) is 10.6 Å². The Bertz CT molecular complexity index is 1050. The molecule has 0 aromatic heterocycles. The topological polar surface area (TPSA) is 97.0 Å². The van der Waals surface area contributed by atoms with Crippen molar-refractivity contribution in [1.29, 1.82) is 0 Å². The summed E-state index contributed by atoms with van der Waals surface area (Å²) in [6.45, 7) is 10.6. The number of carbonyl (C=O) groups is 3. The van der Waals surface area contributed by atoms with Crippen LogP contribution in [0.25, 0.3) is 11.1 Å². The standard InChI is InChI=1S/C27H36FN3O5/c1-6-19-9-8-10-20(15-19)21-16-22(28)24(23(17-21)30-26(34)36-27(3,4)5)25(33)29-11-13-35-14-12-31(7-2)18-32/h8-10,15-18H,6-7,11-14H2,1-5H3,(H,29,33)(H,30,34). The first-order valence-corrected chi connectivity index (χ1v) is 12.1. The van der Waals surface area contributed by atoms with Gasteiger partial charge < -0.3 is 19.7 Å². The molecular formula is C27H36FN3O5. The Kier molecular flexibility index (Phi) is 10.9. The number of nitrogens with one attached hydrogen (secondary N) is 2. The molecule has 3 amide bonds. The second-order valence-corrected chi connectivity index (χ2v) is 9.16. The molecule has 2 aromatic rings. The van der Waals surface area contributed by atoms with Gasteiger partial charge in [-0.05, 0) is 62.9 Å². The Morgan fingerprint density at radius 1 is 1.08 bits per heavy atom. The molecule has 0 spiro atoms. The van der Waals surface area contributed by atoms with Crippen LogP contribution in [0, 0.1) is 5.82 Å². The van der Waals surface area contributed by atoms with Crippen molar-refractivity contribution in [1.82, 2.24) is 10.2 Å². The fourth-order valence-electron chi connectivity index (χ4n) is 3.38. The normalized spacial score (nSPS) is 11.1. The third-order valence-corrected chi connectivity index (χ3v) is 5.23. The summed E-state index contributed by atoms with van der Waals surface area (Å²) in [6, 6.07) is 10.5. The number of likely N-dealkylation sites (N-methyl/N-ethyl adjacent to an activating group) is 1. The summed E-state index contributed by atoms with van der Waals surface area (Å²) in [5.74, 6) is -1.47. The molecule has 0 fully saturated rings. The van der Waals surface area contributed by atoms with Crippen LogP contribution >= 0.6 is 0 Å². The van der Waals surface area contributed by atoms with Crippen molar-refractivity contribution in [2.45, 2.75) is 46.6 Å². The van der Waals surface area contributed by atoms with Crippen molar-refractivity contribution in [2.75, 3.05) is 38.2 Å². The zero-order valence-corrected chi connectivity index (χ0v) is 21.7. The summed E-state index contributed by atoms with van der Waals surface area (Å²) >= 11 is 0. The van der Waals surface area contributed by atoms with Crippen LogP contribution in [0.5, 0.6) is 0 Å². The van der Waals surface area contributed by atoms with E-state index in [1.54, 1.807) is 31.7 Å². The maximum absolute atomic E-state index is 15.3. The van der Waals surface area contributed by atoms with Crippen LogP contribution in [-0.4, -0.2) is 61.8 Å². The lowest BCUT2D eigenvalue weighted by Crippen LogP contribution is -2.32. The van der Waals surface area contributed by atoms with E-state index in [0.29, 0.717) is 25.3 Å². The molecule has 0 atom stereocenters. The highest BCUT2D eigenvalue weighted by Gasteiger charge is 2.23. The number of benzene rings is 2. The van der Waals surface area contributed by atoms with Crippen molar-refractivity contribution in [2.24, 2.45) is 0 Å². The lowest BCUT2D eigenvalue weighted by Gasteiger charge is -2.21. The molecule has 0 heterocycles. The van der Waals surface area contributed by atoms with Gasteiger partial charge in [0, 0.05) is 19.6 Å². The molecule has 0 aliphatic carbocycles. The molecule has 9 heteroatoms. The van der Waals surface area contributed by atoms with E-state index in [0.717, 1.165) is 24.0 Å². The van der Waals surface area contributed by atoms with Gasteiger partial charge in [0.1, 0.15) is 11.4 Å². The van der Waals surface area contributed by atoms with Gasteiger partial charge >= 0.3 is 6.09 Å². The Hall–Kier alpha value is -3.46. The van der Waals surface area contributed by atoms with Gasteiger partial charge in [0.25, 0.3) is 5.91 Å². The van der Waals surface area contributed by atoms with Gasteiger partial charge in [-0.2, -0.15) is 0 Å². The van der Waals surface area contributed by atoms with Crippen LogP contribution in [0.2, 0.25) is 0 Å². The predicted octanol–water partition coefficient (Wildman–Crippen LogP) is 4.63. The van der Waals surface area contributed by atoms with Crippen LogP contribution in [0.1, 0.15) is 50.5 Å². The van der Waals surface area contributed by atoms with Gasteiger partial charge in [-0.1, -0.05) is 31.2 Å². The zero-order valence-electron chi connectivity index (χ0n) is 21.7. The van der Waals surface area contributed by atoms with E-state index in [4.69, 9.17) is 9.47 Å². The van der Waals surface area contributed by atoms with Crippen LogP contribution in [0.15, 0.2) is 36.4 Å². The number of carbonyl (C=O) groups excluding carboxylic acids is 3. The minimum absolute atomic E-state index is 0.00383. The predicted molar refractivity (Wildman–Crippen MR) is 138 cm³/mol. The fraction of sp³-hybridized carbons (Fsp3) is 0.444. The van der Waals surface area contributed by atoms with Gasteiger partial charge in [-0.3, -0.25) is 14.9 Å². The Morgan fingerprint density at radius 3 is 2.47 bits per heavy atom. The lowest BCUT2D eigenvalue weighted by atomic mass is 9.99. The van der Waals surface area contributed by atoms with Crippen LogP contribution in [0.3, 0.4) is 0 Å². The fourth-order valence-corrected chi connectivity index (χ4v) is 3.38. The largest absolute Gasteiger partial charge is 0.444 e. The number of hydrogen-bond acceptors (Lipinski definition) is 5. The van der Waals surface area contributed by atoms with Crippen molar-refractivity contribution in [3.8, 4) is 11.1 Å². The quantitative estimate of drug-likeness (QED) is 0.327. The number of hydrogen-bond donors (Lipinski definition) is 2. The van der Waals surface area contributed by atoms with Crippen molar-refractivity contribution >= 4 is 24.1 Å². The maximum atomic E-state index is 15.3. The molecule has 0 aliphatic rings. The summed E-state index contributed by atoms with van der Waals surface area (Å²) in [5, 5.41) is 5.15. The third kappa shape index (κ3) is 8.96. The second-order valence-electron chi connectivity index (χ2n) is 9.16. The first-order valence-electron chi connectivity index (χ1n) is 12.1. The van der Waals surface area contributed by atoms with Gasteiger partial charge in [-0.25, -0.2) is 9.18 Å². The van der Waals surface area contributed by atoms with E-state index in [1.807, 2.05) is 38.1 Å². The number of halogens is 1. The van der Waals surface area contributed by atoms with E-state index >= 15 is 4.39 Å². The number of anilines is 1. The average molecular weight is 502 g/mol. The maximum Gasteiger partial charge on any atom is 0.412 e. The van der Waals surface area contributed by atoms with Crippen LogP contribution < -0.4 is 10.6 Å². The van der Waals surface area contributed by atoms with Crippen molar-refractivity contribution in [3.63, 3.8) is 0 Å². The number of ether oxygens (including phenoxy) is 2. The summed E-state index contributed by atoms with van der Waals surface area (Å²) in [6.07, 6.45) is 0.761. The number of rotatable bonds is 12. The van der Waals surface area contributed by atoms with E-state index in [-0.39, 0.29) is 24.4 Å². The molecule has 0 aliphatic heterocycles. The molecule has 0 saturated heterocycles. The molecule has 0 unspecified atom stereocenters. The number of nitrogens with zero attached hydrogens (tertiary/aromatic N) is 1. The first kappa shape index (κ1) is 28.8. The molecule has 2 N–H and O–H groups in total. The minimum Gasteiger partial charge on any atom is -0.444 e. The Labute approximate surface area is 212 Å². The molecule has 0 bridgehead atoms. The lowest BCUT2D eigenvalue weighted by molar-refractivity contribution is -0.118. The van der Waals surface area contributed by atoms with Crippen LogP contribution in [-0.2, 0) is 20.7 Å². The first-order chi connectivity index (χ1) is 17.1. The number of amides is 3. The van der Waals surface area contributed by atoms with Crippen LogP contribution in [0.4, 0.5) is 14.9 Å². The van der Waals surface area contributed by atoms with E-state index < -0.39 is 23.4 Å². The van der Waals surface area contributed by atoms with Gasteiger partial charge in [0.05, 0.1) is 24.5 Å². The molecule has 8 nitrogen and oxygen atoms in total. The highest BCUT2D eigenvalue weighted by Crippen LogP contribution is 2.29. The van der Waals surface area contributed by atoms with Gasteiger partial charge in [0.2, 0.25) is 6.41 Å². The van der Waals surface area contributed by atoms with Crippen molar-refractivity contribution in [3.05, 3.63) is 53.3 Å². The highest BCUT2D eigenvalue weighted by molar-refractivity contribution is 6.04. The van der Waals surface area contributed by atoms with E-state index in [9.17, 15) is 14.4 Å². The molecule has 196 valence electrons. The molecule has 2 aromatic carbocycles. The minimum atomic E-state index is -0.797. The SMILES string of the molecule is CCc1cccc(-c2cc(F)c(C(=O)NCCOCCN(C=O)CC)c(NC(=O)OC(C)(C)C)c2)c1. The van der Waals surface area contributed by atoms with Gasteiger partial charge in [-0.15, -0.1) is 0 Å². The monoisotopic (exact) mass is 501 g/mol. The summed E-state index contributed by atoms with van der Waals surface area (Å²) in [5.41, 5.74) is 1.29. The molecule has 36 heavy (non-hydrogen) atoms. The summed E-state index contributed by atoms with van der Waals surface area (Å²) in [4.78, 5) is 37.7. The average Bonchev–Trinajstić information content (AvgIpc) is 2.82. The molecule has 2 rings (SSSR count). The van der Waals surface area contributed by atoms with Crippen molar-refractivity contribution < 1.29 is 28.2 Å². The third-order valence-electron chi connectivity index (χ3n) is 5.23. The smallest absolute Gasteiger partial charge is 0.412 e. The second kappa shape index (κ2) is 13.6. The number of aryl methyl sites for hydroxylation is 1. The zero-order chi connectivity index (χ0) is 26.7.